The summed E-state index contributed by atoms with van der Waals surface area (Å²) in [6, 6.07) is 10.8. The minimum atomic E-state index is -1.04. The number of rotatable bonds is 4. The smallest absolute Gasteiger partial charge is 0.328 e. The molecule has 0 aromatic heterocycles. The Kier molecular flexibility index (Phi) is 5.04. The molecule has 0 amide bonds. The molecule has 0 aliphatic heterocycles. The van der Waals surface area contributed by atoms with E-state index in [-0.39, 0.29) is 0 Å². The third kappa shape index (κ3) is 4.09. The normalized spacial score (nSPS) is 10.8. The van der Waals surface area contributed by atoms with E-state index in [0.29, 0.717) is 22.1 Å². The molecule has 5 heteroatoms. The number of benzene rings is 2. The van der Waals surface area contributed by atoms with Gasteiger partial charge in [0, 0.05) is 16.1 Å². The molecule has 0 fully saturated rings. The van der Waals surface area contributed by atoms with Gasteiger partial charge in [-0.3, -0.25) is 0 Å². The summed E-state index contributed by atoms with van der Waals surface area (Å²) in [4.78, 5) is 10.7. The van der Waals surface area contributed by atoms with Crippen LogP contribution in [0.4, 0.5) is 0 Å². The van der Waals surface area contributed by atoms with Crippen LogP contribution in [0.3, 0.4) is 0 Å². The number of hydrogen-bond acceptors (Lipinski definition) is 2. The van der Waals surface area contributed by atoms with E-state index in [2.05, 4.69) is 15.9 Å². The monoisotopic (exact) mass is 366 g/mol. The van der Waals surface area contributed by atoms with Gasteiger partial charge in [-0.15, -0.1) is 0 Å². The molecule has 0 radical (unpaired) electrons. The molecule has 1 N–H and O–H groups in total. The van der Waals surface area contributed by atoms with E-state index in [1.165, 1.54) is 6.08 Å². The van der Waals surface area contributed by atoms with Gasteiger partial charge in [-0.2, -0.15) is 0 Å². The predicted molar refractivity (Wildman–Crippen MR) is 87.1 cm³/mol. The molecule has 0 atom stereocenters. The fourth-order valence-corrected chi connectivity index (χ4v) is 2.47. The van der Waals surface area contributed by atoms with Crippen LogP contribution in [0.5, 0.6) is 11.5 Å². The Bertz CT molecular complexity index is 711. The summed E-state index contributed by atoms with van der Waals surface area (Å²) in [6.45, 7) is 1.93. The van der Waals surface area contributed by atoms with Crippen LogP contribution in [0.2, 0.25) is 5.02 Å². The molecule has 0 heterocycles. The zero-order valence-electron chi connectivity index (χ0n) is 11.1. The van der Waals surface area contributed by atoms with E-state index in [0.717, 1.165) is 16.1 Å². The molecule has 108 valence electrons. The largest absolute Gasteiger partial charge is 0.478 e. The number of carboxylic acids is 1. The van der Waals surface area contributed by atoms with E-state index < -0.39 is 5.97 Å². The lowest BCUT2D eigenvalue weighted by Crippen LogP contribution is -1.92. The molecule has 2 aromatic carbocycles. The van der Waals surface area contributed by atoms with Crippen molar-refractivity contribution in [2.75, 3.05) is 0 Å². The maximum atomic E-state index is 10.7. The summed E-state index contributed by atoms with van der Waals surface area (Å²) in [5, 5.41) is 9.18. The van der Waals surface area contributed by atoms with E-state index in [1.54, 1.807) is 18.2 Å². The summed E-state index contributed by atoms with van der Waals surface area (Å²) in [7, 11) is 0. The highest BCUT2D eigenvalue weighted by atomic mass is 79.9. The fourth-order valence-electron chi connectivity index (χ4n) is 1.77. The van der Waals surface area contributed by atoms with Gasteiger partial charge in [0.15, 0.2) is 0 Å². The number of carbonyl (C=O) groups is 1. The summed E-state index contributed by atoms with van der Waals surface area (Å²) < 4.78 is 6.82. The first-order chi connectivity index (χ1) is 9.97. The molecular weight excluding hydrogens is 356 g/mol. The molecule has 0 spiro atoms. The third-order valence-electron chi connectivity index (χ3n) is 2.76. The predicted octanol–water partition coefficient (Wildman–Crippen LogP) is 5.30. The fraction of sp³-hybridized carbons (Fsp3) is 0.0625. The first kappa shape index (κ1) is 15.6. The van der Waals surface area contributed by atoms with Crippen LogP contribution in [-0.2, 0) is 4.79 Å². The number of ether oxygens (including phenoxy) is 1. The van der Waals surface area contributed by atoms with Crippen LogP contribution in [-0.4, -0.2) is 11.1 Å². The van der Waals surface area contributed by atoms with Gasteiger partial charge < -0.3 is 9.84 Å². The van der Waals surface area contributed by atoms with Gasteiger partial charge in [-0.1, -0.05) is 33.6 Å². The first-order valence-corrected chi connectivity index (χ1v) is 7.28. The van der Waals surface area contributed by atoms with Crippen LogP contribution < -0.4 is 4.74 Å². The Morgan fingerprint density at radius 1 is 1.29 bits per heavy atom. The third-order valence-corrected chi connectivity index (χ3v) is 3.59. The highest BCUT2D eigenvalue weighted by molar-refractivity contribution is 9.10. The molecule has 0 saturated carbocycles. The highest BCUT2D eigenvalue weighted by Crippen LogP contribution is 2.33. The summed E-state index contributed by atoms with van der Waals surface area (Å²) in [6.07, 6.45) is 2.46. The van der Waals surface area contributed by atoms with Crippen molar-refractivity contribution in [2.24, 2.45) is 0 Å². The van der Waals surface area contributed by atoms with Crippen molar-refractivity contribution in [2.45, 2.75) is 6.92 Å². The zero-order valence-corrected chi connectivity index (χ0v) is 13.5. The molecule has 2 rings (SSSR count). The lowest BCUT2D eigenvalue weighted by atomic mass is 10.1. The average Bonchev–Trinajstić information content (AvgIpc) is 2.41. The number of halogens is 2. The minimum absolute atomic E-state index is 0.430. The van der Waals surface area contributed by atoms with Crippen LogP contribution in [0.15, 0.2) is 46.9 Å². The maximum Gasteiger partial charge on any atom is 0.328 e. The van der Waals surface area contributed by atoms with Crippen molar-refractivity contribution in [3.63, 3.8) is 0 Å². The minimum Gasteiger partial charge on any atom is -0.478 e. The topological polar surface area (TPSA) is 46.5 Å². The molecule has 3 nitrogen and oxygen atoms in total. The Hall–Kier alpha value is -1.78. The summed E-state index contributed by atoms with van der Waals surface area (Å²) in [5.74, 6) is 0.150. The number of aliphatic carboxylic acids is 1. The van der Waals surface area contributed by atoms with Gasteiger partial charge in [0.25, 0.3) is 0 Å². The van der Waals surface area contributed by atoms with Gasteiger partial charge in [0.05, 0.1) is 5.02 Å². The lowest BCUT2D eigenvalue weighted by Gasteiger charge is -2.12. The molecule has 0 unspecified atom stereocenters. The van der Waals surface area contributed by atoms with Gasteiger partial charge in [0.1, 0.15) is 11.5 Å². The van der Waals surface area contributed by atoms with Crippen molar-refractivity contribution >= 4 is 39.6 Å². The maximum absolute atomic E-state index is 10.7. The lowest BCUT2D eigenvalue weighted by molar-refractivity contribution is -0.131. The zero-order chi connectivity index (χ0) is 15.4. The van der Waals surface area contributed by atoms with E-state index in [4.69, 9.17) is 21.4 Å². The summed E-state index contributed by atoms with van der Waals surface area (Å²) >= 11 is 9.51. The van der Waals surface area contributed by atoms with Crippen molar-refractivity contribution in [1.82, 2.24) is 0 Å². The van der Waals surface area contributed by atoms with E-state index >= 15 is 0 Å². The number of carboxylic acid groups (broad SMARTS) is 1. The number of aryl methyl sites for hydroxylation is 1. The van der Waals surface area contributed by atoms with Gasteiger partial charge >= 0.3 is 5.97 Å². The van der Waals surface area contributed by atoms with Crippen molar-refractivity contribution in [3.05, 3.63) is 63.1 Å². The van der Waals surface area contributed by atoms with Gasteiger partial charge in [-0.25, -0.2) is 4.79 Å². The van der Waals surface area contributed by atoms with E-state index in [1.807, 2.05) is 25.1 Å². The Morgan fingerprint density at radius 3 is 2.71 bits per heavy atom. The van der Waals surface area contributed by atoms with Crippen LogP contribution in [0, 0.1) is 6.92 Å². The molecule has 0 bridgehead atoms. The Morgan fingerprint density at radius 2 is 2.05 bits per heavy atom. The molecule has 0 saturated heterocycles. The standard InChI is InChI=1S/C16H12BrClO3/c1-10-9-11(17)5-7-14(10)21-15-4-2-3-13(18)12(15)6-8-16(19)20/h2-9H,1H3,(H,19,20). The van der Waals surface area contributed by atoms with Crippen LogP contribution >= 0.6 is 27.5 Å². The van der Waals surface area contributed by atoms with Gasteiger partial charge in [-0.05, 0) is 48.9 Å². The number of hydrogen-bond donors (Lipinski definition) is 1. The summed E-state index contributed by atoms with van der Waals surface area (Å²) in [5.41, 5.74) is 1.49. The average molecular weight is 368 g/mol. The second kappa shape index (κ2) is 6.78. The molecule has 2 aromatic rings. The molecular formula is C16H12BrClO3. The molecule has 21 heavy (non-hydrogen) atoms. The second-order valence-electron chi connectivity index (χ2n) is 4.34. The van der Waals surface area contributed by atoms with Crippen LogP contribution in [0.1, 0.15) is 11.1 Å². The Balaban J connectivity index is 2.40. The van der Waals surface area contributed by atoms with Crippen LogP contribution in [0.25, 0.3) is 6.08 Å². The molecule has 0 aliphatic rings. The molecule has 0 aliphatic carbocycles. The van der Waals surface area contributed by atoms with Crippen molar-refractivity contribution in [3.8, 4) is 11.5 Å². The SMILES string of the molecule is Cc1cc(Br)ccc1Oc1cccc(Cl)c1C=CC(=O)O. The van der Waals surface area contributed by atoms with Crippen molar-refractivity contribution in [1.29, 1.82) is 0 Å². The van der Waals surface area contributed by atoms with Gasteiger partial charge in [0.2, 0.25) is 0 Å². The van der Waals surface area contributed by atoms with E-state index in [9.17, 15) is 4.79 Å². The highest BCUT2D eigenvalue weighted by Gasteiger charge is 2.09. The quantitative estimate of drug-likeness (QED) is 0.746. The van der Waals surface area contributed by atoms with Crippen molar-refractivity contribution < 1.29 is 14.6 Å². The first-order valence-electron chi connectivity index (χ1n) is 6.11. The second-order valence-corrected chi connectivity index (χ2v) is 5.66. The Labute approximate surface area is 135 Å².